The lowest BCUT2D eigenvalue weighted by atomic mass is 9.69. The third kappa shape index (κ3) is 4.54. The van der Waals surface area contributed by atoms with Gasteiger partial charge in [-0.3, -0.25) is 4.79 Å². The van der Waals surface area contributed by atoms with E-state index >= 15 is 0 Å². The summed E-state index contributed by atoms with van der Waals surface area (Å²) in [6.45, 7) is 0.406. The van der Waals surface area contributed by atoms with Crippen molar-refractivity contribution in [3.63, 3.8) is 0 Å². The highest BCUT2D eigenvalue weighted by atomic mass is 32.2. The Balaban J connectivity index is 1.30. The maximum Gasteiger partial charge on any atom is 0.243 e. The largest absolute Gasteiger partial charge is 0.353 e. The van der Waals surface area contributed by atoms with Crippen LogP contribution in [0.5, 0.6) is 0 Å². The molecular formula is C22H30F2N2O3S. The van der Waals surface area contributed by atoms with E-state index in [1.165, 1.54) is 36.4 Å². The number of nitrogens with zero attached hydrogens (tertiary/aromatic N) is 1. The minimum Gasteiger partial charge on any atom is -0.353 e. The Bertz CT molecular complexity index is 884. The molecule has 3 aliphatic rings. The van der Waals surface area contributed by atoms with E-state index in [9.17, 15) is 22.0 Å². The van der Waals surface area contributed by atoms with Gasteiger partial charge >= 0.3 is 0 Å². The first-order valence-corrected chi connectivity index (χ1v) is 12.5. The van der Waals surface area contributed by atoms with Gasteiger partial charge in [0.2, 0.25) is 15.9 Å². The third-order valence-electron chi connectivity index (χ3n) is 7.24. The Hall–Kier alpha value is -1.54. The van der Waals surface area contributed by atoms with E-state index < -0.39 is 21.7 Å². The summed E-state index contributed by atoms with van der Waals surface area (Å²) in [5.41, 5.74) is 0. The fraction of sp³-hybridized carbons (Fsp3) is 0.682. The Morgan fingerprint density at radius 3 is 2.33 bits per heavy atom. The zero-order valence-electron chi connectivity index (χ0n) is 17.2. The van der Waals surface area contributed by atoms with E-state index in [0.29, 0.717) is 18.9 Å². The van der Waals surface area contributed by atoms with Crippen molar-refractivity contribution in [2.75, 3.05) is 13.1 Å². The molecule has 1 aromatic rings. The van der Waals surface area contributed by atoms with Gasteiger partial charge in [-0.2, -0.15) is 4.31 Å². The molecule has 30 heavy (non-hydrogen) atoms. The van der Waals surface area contributed by atoms with Crippen molar-refractivity contribution in [3.8, 4) is 0 Å². The van der Waals surface area contributed by atoms with E-state index in [4.69, 9.17) is 0 Å². The van der Waals surface area contributed by atoms with Gasteiger partial charge in [0.25, 0.3) is 0 Å². The summed E-state index contributed by atoms with van der Waals surface area (Å²) in [5, 5.41) is 3.22. The predicted octanol–water partition coefficient (Wildman–Crippen LogP) is 3.84. The van der Waals surface area contributed by atoms with Crippen LogP contribution in [0.25, 0.3) is 0 Å². The van der Waals surface area contributed by atoms with Crippen molar-refractivity contribution in [1.29, 1.82) is 0 Å². The van der Waals surface area contributed by atoms with Gasteiger partial charge in [0, 0.05) is 25.0 Å². The van der Waals surface area contributed by atoms with Crippen molar-refractivity contribution in [1.82, 2.24) is 9.62 Å². The zero-order valence-corrected chi connectivity index (χ0v) is 18.0. The molecular weight excluding hydrogens is 410 g/mol. The number of halogens is 2. The topological polar surface area (TPSA) is 66.5 Å². The van der Waals surface area contributed by atoms with Crippen LogP contribution in [0, 0.1) is 29.4 Å². The number of carbonyl (C=O) groups excluding carboxylic acids is 1. The van der Waals surface area contributed by atoms with Crippen LogP contribution in [0.2, 0.25) is 0 Å². The molecule has 1 aliphatic heterocycles. The Morgan fingerprint density at radius 2 is 1.63 bits per heavy atom. The van der Waals surface area contributed by atoms with Crippen molar-refractivity contribution >= 4 is 15.9 Å². The molecule has 166 valence electrons. The number of hydrogen-bond donors (Lipinski definition) is 1. The van der Waals surface area contributed by atoms with Gasteiger partial charge in [-0.05, 0) is 62.1 Å². The summed E-state index contributed by atoms with van der Waals surface area (Å²) in [6.07, 6.45) is 9.42. The van der Waals surface area contributed by atoms with Crippen LogP contribution >= 0.6 is 0 Å². The average molecular weight is 441 g/mol. The number of amides is 1. The fourth-order valence-corrected chi connectivity index (χ4v) is 6.95. The van der Waals surface area contributed by atoms with Crippen LogP contribution < -0.4 is 5.32 Å². The number of nitrogens with one attached hydrogen (secondary N) is 1. The normalized spacial score (nSPS) is 28.7. The number of piperidine rings is 1. The number of hydrogen-bond acceptors (Lipinski definition) is 3. The monoisotopic (exact) mass is 440 g/mol. The molecule has 8 heteroatoms. The van der Waals surface area contributed by atoms with Gasteiger partial charge in [0.05, 0.1) is 4.90 Å². The molecule has 2 aliphatic carbocycles. The summed E-state index contributed by atoms with van der Waals surface area (Å²) in [6, 6.07) is 2.85. The quantitative estimate of drug-likeness (QED) is 0.774. The van der Waals surface area contributed by atoms with E-state index in [1.54, 1.807) is 0 Å². The predicted molar refractivity (Wildman–Crippen MR) is 109 cm³/mol. The molecule has 1 heterocycles. The van der Waals surface area contributed by atoms with E-state index in [1.807, 2.05) is 0 Å². The summed E-state index contributed by atoms with van der Waals surface area (Å²) in [5.74, 6) is -0.869. The smallest absolute Gasteiger partial charge is 0.243 e. The number of carbonyl (C=O) groups is 1. The summed E-state index contributed by atoms with van der Waals surface area (Å²) >= 11 is 0. The number of rotatable bonds is 4. The lowest BCUT2D eigenvalue weighted by Crippen LogP contribution is -2.47. The maximum atomic E-state index is 13.5. The molecule has 1 amide bonds. The van der Waals surface area contributed by atoms with Crippen LogP contribution in [-0.4, -0.2) is 37.8 Å². The first-order valence-electron chi connectivity index (χ1n) is 11.1. The lowest BCUT2D eigenvalue weighted by molar-refractivity contribution is -0.127. The molecule has 1 aromatic carbocycles. The second kappa shape index (κ2) is 8.91. The summed E-state index contributed by atoms with van der Waals surface area (Å²) in [7, 11) is -3.90. The highest BCUT2D eigenvalue weighted by molar-refractivity contribution is 7.89. The van der Waals surface area contributed by atoms with Gasteiger partial charge in [-0.15, -0.1) is 0 Å². The van der Waals surface area contributed by atoms with Crippen LogP contribution in [-0.2, 0) is 14.8 Å². The second-order valence-electron chi connectivity index (χ2n) is 9.08. The van der Waals surface area contributed by atoms with Gasteiger partial charge in [-0.1, -0.05) is 25.7 Å². The van der Waals surface area contributed by atoms with Crippen molar-refractivity contribution in [2.45, 2.75) is 68.7 Å². The molecule has 0 aromatic heterocycles. The van der Waals surface area contributed by atoms with Gasteiger partial charge < -0.3 is 5.32 Å². The lowest BCUT2D eigenvalue weighted by Gasteiger charge is -2.40. The van der Waals surface area contributed by atoms with Crippen LogP contribution in [0.4, 0.5) is 8.78 Å². The molecule has 3 atom stereocenters. The van der Waals surface area contributed by atoms with Crippen LogP contribution in [0.15, 0.2) is 23.1 Å². The van der Waals surface area contributed by atoms with Gasteiger partial charge in [-0.25, -0.2) is 17.2 Å². The van der Waals surface area contributed by atoms with Crippen molar-refractivity contribution in [2.24, 2.45) is 17.8 Å². The second-order valence-corrected chi connectivity index (χ2v) is 11.0. The molecule has 4 rings (SSSR count). The standard InChI is InChI=1S/C22H30F2N2O3S/c23-20-8-7-19(14-21(20)24)30(28,29)26-11-9-16(10-12-26)22(27)25-18-6-5-15-3-1-2-4-17(15)13-18/h7-8,14-18H,1-6,9-13H2,(H,25,27)/t15-,17+,18+/m0/s1. The van der Waals surface area contributed by atoms with E-state index in [2.05, 4.69) is 5.32 Å². The molecule has 0 unspecified atom stereocenters. The molecule has 0 spiro atoms. The van der Waals surface area contributed by atoms with Crippen LogP contribution in [0.1, 0.15) is 57.8 Å². The molecule has 0 radical (unpaired) electrons. The minimum absolute atomic E-state index is 0.0270. The molecule has 1 saturated heterocycles. The van der Waals surface area contributed by atoms with Gasteiger partial charge in [0.15, 0.2) is 11.6 Å². The van der Waals surface area contributed by atoms with Crippen molar-refractivity contribution in [3.05, 3.63) is 29.8 Å². The van der Waals surface area contributed by atoms with E-state index in [-0.39, 0.29) is 35.9 Å². The average Bonchev–Trinajstić information content (AvgIpc) is 2.75. The SMILES string of the molecule is O=C(N[C@@H]1CC[C@@H]2CCCC[C@@H]2C1)C1CCN(S(=O)(=O)c2ccc(F)c(F)c2)CC1. The Morgan fingerprint density at radius 1 is 0.933 bits per heavy atom. The minimum atomic E-state index is -3.90. The number of sulfonamides is 1. The molecule has 5 nitrogen and oxygen atoms in total. The molecule has 0 bridgehead atoms. The Labute approximate surface area is 177 Å². The van der Waals surface area contributed by atoms with E-state index in [0.717, 1.165) is 36.8 Å². The third-order valence-corrected chi connectivity index (χ3v) is 9.13. The highest BCUT2D eigenvalue weighted by Gasteiger charge is 2.36. The zero-order chi connectivity index (χ0) is 21.3. The number of fused-ring (bicyclic) bond motifs is 1. The Kier molecular flexibility index (Phi) is 6.44. The summed E-state index contributed by atoms with van der Waals surface area (Å²) in [4.78, 5) is 12.5. The first kappa shape index (κ1) is 21.7. The van der Waals surface area contributed by atoms with Gasteiger partial charge in [0.1, 0.15) is 0 Å². The molecule has 3 fully saturated rings. The van der Waals surface area contributed by atoms with Crippen LogP contribution in [0.3, 0.4) is 0 Å². The summed E-state index contributed by atoms with van der Waals surface area (Å²) < 4.78 is 53.3. The molecule has 2 saturated carbocycles. The fourth-order valence-electron chi connectivity index (χ4n) is 5.47. The number of benzene rings is 1. The highest BCUT2D eigenvalue weighted by Crippen LogP contribution is 2.40. The molecule has 1 N–H and O–H groups in total. The maximum absolute atomic E-state index is 13.5. The first-order chi connectivity index (χ1) is 14.3. The van der Waals surface area contributed by atoms with Crippen molar-refractivity contribution < 1.29 is 22.0 Å².